The molecule has 174 valence electrons. The number of methoxy groups -OCH3 is 1. The van der Waals surface area contributed by atoms with E-state index in [0.29, 0.717) is 5.88 Å². The maximum absolute atomic E-state index is 5.55. The largest absolute Gasteiger partial charge is 0.479 e. The Bertz CT molecular complexity index is 1270. The minimum atomic E-state index is -0.164. The van der Waals surface area contributed by atoms with E-state index in [-0.39, 0.29) is 11.0 Å². The minimum Gasteiger partial charge on any atom is -0.479 e. The van der Waals surface area contributed by atoms with Crippen LogP contribution in [0.3, 0.4) is 0 Å². The number of hydrogen-bond acceptors (Lipinski definition) is 7. The fourth-order valence-corrected chi connectivity index (χ4v) is 4.09. The molecule has 0 atom stereocenters. The average molecular weight is 466 g/mol. The SMILES string of the molecule is COc1nc(-c2csc(Nc3cc(C(C)(C)C)nn3C(C)(C)C)n2)ccc1-n1cnc(C)c1. The van der Waals surface area contributed by atoms with Gasteiger partial charge in [0.1, 0.15) is 17.2 Å². The van der Waals surface area contributed by atoms with E-state index < -0.39 is 0 Å². The van der Waals surface area contributed by atoms with Gasteiger partial charge in [-0.15, -0.1) is 11.3 Å². The Labute approximate surface area is 198 Å². The summed E-state index contributed by atoms with van der Waals surface area (Å²) in [4.78, 5) is 13.8. The van der Waals surface area contributed by atoms with Crippen LogP contribution in [0.15, 0.2) is 36.1 Å². The number of nitrogens with one attached hydrogen (secondary N) is 1. The molecule has 0 amide bonds. The van der Waals surface area contributed by atoms with Crippen LogP contribution in [0.1, 0.15) is 52.9 Å². The van der Waals surface area contributed by atoms with Crippen molar-refractivity contribution in [3.63, 3.8) is 0 Å². The third-order valence-electron chi connectivity index (χ3n) is 5.14. The Morgan fingerprint density at radius 1 is 1.03 bits per heavy atom. The van der Waals surface area contributed by atoms with Gasteiger partial charge in [-0.3, -0.25) is 0 Å². The zero-order valence-corrected chi connectivity index (χ0v) is 21.3. The van der Waals surface area contributed by atoms with Crippen LogP contribution in [-0.4, -0.2) is 36.4 Å². The van der Waals surface area contributed by atoms with Gasteiger partial charge < -0.3 is 14.6 Å². The van der Waals surface area contributed by atoms with Crippen LogP contribution in [0.5, 0.6) is 5.88 Å². The highest BCUT2D eigenvalue weighted by Gasteiger charge is 2.25. The lowest BCUT2D eigenvalue weighted by Gasteiger charge is -2.22. The molecule has 0 saturated heterocycles. The first-order valence-electron chi connectivity index (χ1n) is 10.9. The number of hydrogen-bond donors (Lipinski definition) is 1. The van der Waals surface area contributed by atoms with Crippen LogP contribution in [0, 0.1) is 6.92 Å². The fourth-order valence-electron chi connectivity index (χ4n) is 3.38. The molecule has 9 heteroatoms. The van der Waals surface area contributed by atoms with E-state index >= 15 is 0 Å². The summed E-state index contributed by atoms with van der Waals surface area (Å²) in [5, 5.41) is 11.1. The molecule has 0 radical (unpaired) electrons. The highest BCUT2D eigenvalue weighted by molar-refractivity contribution is 7.14. The van der Waals surface area contributed by atoms with Crippen LogP contribution in [0.4, 0.5) is 10.9 Å². The second kappa shape index (κ2) is 8.30. The van der Waals surface area contributed by atoms with Crippen molar-refractivity contribution < 1.29 is 4.74 Å². The lowest BCUT2D eigenvalue weighted by atomic mass is 9.92. The number of aromatic nitrogens is 6. The van der Waals surface area contributed by atoms with Crippen molar-refractivity contribution in [2.75, 3.05) is 12.4 Å². The van der Waals surface area contributed by atoms with E-state index in [1.54, 1.807) is 13.4 Å². The standard InChI is InChI=1S/C24H31N7OS/c1-15-12-30(14-25-15)18-10-9-16(26-21(18)32-8)17-13-33-22(27-17)28-20-11-19(23(2,3)4)29-31(20)24(5,6)7/h9-14H,1-8H3,(H,27,28). The first-order chi connectivity index (χ1) is 15.5. The van der Waals surface area contributed by atoms with Crippen molar-refractivity contribution in [1.29, 1.82) is 0 Å². The summed E-state index contributed by atoms with van der Waals surface area (Å²) in [5.74, 6) is 1.44. The third kappa shape index (κ3) is 4.78. The molecule has 0 aliphatic carbocycles. The van der Waals surface area contributed by atoms with Crippen LogP contribution in [0.25, 0.3) is 17.1 Å². The highest BCUT2D eigenvalue weighted by Crippen LogP contribution is 2.33. The molecule has 4 aromatic heterocycles. The van der Waals surface area contributed by atoms with E-state index in [2.05, 4.69) is 62.9 Å². The molecule has 8 nitrogen and oxygen atoms in total. The van der Waals surface area contributed by atoms with Crippen molar-refractivity contribution in [3.05, 3.63) is 47.5 Å². The predicted molar refractivity (Wildman–Crippen MR) is 133 cm³/mol. The smallest absolute Gasteiger partial charge is 0.238 e. The van der Waals surface area contributed by atoms with Crippen molar-refractivity contribution in [2.45, 2.75) is 59.4 Å². The quantitative estimate of drug-likeness (QED) is 0.407. The number of imidazole rings is 1. The number of aryl methyl sites for hydroxylation is 1. The van der Waals surface area contributed by atoms with Gasteiger partial charge in [0.05, 0.1) is 36.1 Å². The van der Waals surface area contributed by atoms with E-state index in [0.717, 1.165) is 39.4 Å². The number of rotatable bonds is 5. The molecule has 0 bridgehead atoms. The minimum absolute atomic E-state index is 0.0447. The molecule has 0 fully saturated rings. The summed E-state index contributed by atoms with van der Waals surface area (Å²) >= 11 is 1.53. The molecule has 0 unspecified atom stereocenters. The van der Waals surface area contributed by atoms with Crippen molar-refractivity contribution in [2.24, 2.45) is 0 Å². The van der Waals surface area contributed by atoms with Gasteiger partial charge in [-0.05, 0) is 39.8 Å². The lowest BCUT2D eigenvalue weighted by molar-refractivity contribution is 0.353. The van der Waals surface area contributed by atoms with Gasteiger partial charge in [0.2, 0.25) is 5.88 Å². The molecule has 1 N–H and O–H groups in total. The van der Waals surface area contributed by atoms with Crippen LogP contribution in [0.2, 0.25) is 0 Å². The number of nitrogens with zero attached hydrogens (tertiary/aromatic N) is 6. The van der Waals surface area contributed by atoms with Gasteiger partial charge in [-0.25, -0.2) is 19.6 Å². The second-order valence-corrected chi connectivity index (χ2v) is 10.9. The third-order valence-corrected chi connectivity index (χ3v) is 5.90. The zero-order chi connectivity index (χ0) is 24.0. The normalized spacial score (nSPS) is 12.2. The van der Waals surface area contributed by atoms with Crippen molar-refractivity contribution >= 4 is 22.3 Å². The molecule has 0 aliphatic heterocycles. The summed E-state index contributed by atoms with van der Waals surface area (Å²) in [7, 11) is 1.62. The number of thiazole rings is 1. The first-order valence-corrected chi connectivity index (χ1v) is 11.7. The Morgan fingerprint density at radius 2 is 1.79 bits per heavy atom. The van der Waals surface area contributed by atoms with Crippen LogP contribution in [-0.2, 0) is 11.0 Å². The number of pyridine rings is 1. The molecule has 0 aliphatic rings. The molecule has 4 rings (SSSR count). The lowest BCUT2D eigenvalue weighted by Crippen LogP contribution is -2.25. The van der Waals surface area contributed by atoms with Gasteiger partial charge in [0, 0.05) is 23.1 Å². The van der Waals surface area contributed by atoms with Crippen LogP contribution < -0.4 is 10.1 Å². The highest BCUT2D eigenvalue weighted by atomic mass is 32.1. The molecule has 0 spiro atoms. The summed E-state index contributed by atoms with van der Waals surface area (Å²) in [5.41, 5.74) is 4.12. The van der Waals surface area contributed by atoms with Crippen molar-refractivity contribution in [1.82, 2.24) is 29.3 Å². The first kappa shape index (κ1) is 23.0. The molecular formula is C24H31N7OS. The maximum Gasteiger partial charge on any atom is 0.238 e. The zero-order valence-electron chi connectivity index (χ0n) is 20.5. The molecule has 33 heavy (non-hydrogen) atoms. The Hall–Kier alpha value is -3.20. The average Bonchev–Trinajstić information content (AvgIpc) is 3.46. The Morgan fingerprint density at radius 3 is 2.39 bits per heavy atom. The molecule has 0 aromatic carbocycles. The predicted octanol–water partition coefficient (Wildman–Crippen LogP) is 5.70. The maximum atomic E-state index is 5.55. The topological polar surface area (TPSA) is 82.7 Å². The second-order valence-electron chi connectivity index (χ2n) is 10.1. The van der Waals surface area contributed by atoms with Gasteiger partial charge in [0.25, 0.3) is 0 Å². The van der Waals surface area contributed by atoms with Gasteiger partial charge in [-0.2, -0.15) is 5.10 Å². The molecule has 0 saturated carbocycles. The van der Waals surface area contributed by atoms with E-state index in [1.807, 2.05) is 39.9 Å². The number of ether oxygens (including phenoxy) is 1. The van der Waals surface area contributed by atoms with E-state index in [9.17, 15) is 0 Å². The Balaban J connectivity index is 1.63. The number of anilines is 2. The summed E-state index contributed by atoms with van der Waals surface area (Å²) in [6.07, 6.45) is 3.69. The summed E-state index contributed by atoms with van der Waals surface area (Å²) in [6, 6.07) is 6.03. The monoisotopic (exact) mass is 465 g/mol. The molecular weight excluding hydrogens is 434 g/mol. The van der Waals surface area contributed by atoms with Gasteiger partial charge in [-0.1, -0.05) is 20.8 Å². The van der Waals surface area contributed by atoms with Crippen LogP contribution >= 0.6 is 11.3 Å². The molecule has 4 aromatic rings. The van der Waals surface area contributed by atoms with E-state index in [1.165, 1.54) is 11.3 Å². The van der Waals surface area contributed by atoms with Gasteiger partial charge >= 0.3 is 0 Å². The van der Waals surface area contributed by atoms with Crippen molar-refractivity contribution in [3.8, 4) is 23.0 Å². The van der Waals surface area contributed by atoms with Gasteiger partial charge in [0.15, 0.2) is 5.13 Å². The Kier molecular flexibility index (Phi) is 5.78. The van der Waals surface area contributed by atoms with E-state index in [4.69, 9.17) is 14.8 Å². The fraction of sp³-hybridized carbons (Fsp3) is 0.417. The molecule has 4 heterocycles. The summed E-state index contributed by atoms with van der Waals surface area (Å²) < 4.78 is 9.48. The summed E-state index contributed by atoms with van der Waals surface area (Å²) in [6.45, 7) is 14.9.